The van der Waals surface area contributed by atoms with Gasteiger partial charge in [-0.05, 0) is 39.7 Å². The van der Waals surface area contributed by atoms with Crippen molar-refractivity contribution in [2.75, 3.05) is 13.1 Å². The summed E-state index contributed by atoms with van der Waals surface area (Å²) in [7, 11) is 0. The third-order valence-electron chi connectivity index (χ3n) is 4.47. The highest BCUT2D eigenvalue weighted by molar-refractivity contribution is 5.84. The number of nitrogens with one attached hydrogen (secondary N) is 1. The van der Waals surface area contributed by atoms with E-state index in [4.69, 9.17) is 4.74 Å². The van der Waals surface area contributed by atoms with E-state index in [2.05, 4.69) is 15.1 Å². The van der Waals surface area contributed by atoms with E-state index in [0.717, 1.165) is 6.42 Å². The molecule has 1 fully saturated rings. The molecular formula is C19H25N5O4. The Morgan fingerprint density at radius 2 is 2.14 bits per heavy atom. The van der Waals surface area contributed by atoms with E-state index in [1.54, 1.807) is 23.4 Å². The number of carbonyl (C=O) groups is 2. The number of nitrogens with zero attached hydrogens (tertiary/aromatic N) is 4. The van der Waals surface area contributed by atoms with Gasteiger partial charge in [0.15, 0.2) is 0 Å². The van der Waals surface area contributed by atoms with E-state index in [-0.39, 0.29) is 23.7 Å². The molecule has 1 saturated heterocycles. The van der Waals surface area contributed by atoms with Gasteiger partial charge in [0.1, 0.15) is 11.4 Å². The first-order valence-electron chi connectivity index (χ1n) is 9.32. The van der Waals surface area contributed by atoms with E-state index in [9.17, 15) is 14.4 Å². The molecular weight excluding hydrogens is 362 g/mol. The SMILES string of the molecule is CC(C)(C)OC(=O)N1CCCC(C(=O)Cc2cnc(-n3cccn3)[nH]c2=O)C1. The number of carbonyl (C=O) groups excluding carboxylic acids is 2. The maximum absolute atomic E-state index is 12.7. The van der Waals surface area contributed by atoms with Gasteiger partial charge < -0.3 is 9.64 Å². The maximum atomic E-state index is 12.7. The molecule has 1 amide bonds. The quantitative estimate of drug-likeness (QED) is 0.855. The summed E-state index contributed by atoms with van der Waals surface area (Å²) in [6.07, 6.45) is 5.63. The summed E-state index contributed by atoms with van der Waals surface area (Å²) in [6.45, 7) is 6.31. The molecule has 3 rings (SSSR count). The van der Waals surface area contributed by atoms with Crippen molar-refractivity contribution < 1.29 is 14.3 Å². The third-order valence-corrected chi connectivity index (χ3v) is 4.47. The molecule has 9 heteroatoms. The summed E-state index contributed by atoms with van der Waals surface area (Å²) < 4.78 is 6.83. The number of aromatic nitrogens is 4. The Hall–Kier alpha value is -2.97. The molecule has 1 aliphatic heterocycles. The van der Waals surface area contributed by atoms with Gasteiger partial charge in [0, 0.05) is 49.6 Å². The Morgan fingerprint density at radius 3 is 2.79 bits per heavy atom. The van der Waals surface area contributed by atoms with Gasteiger partial charge in [-0.3, -0.25) is 14.6 Å². The van der Waals surface area contributed by atoms with E-state index in [1.807, 2.05) is 20.8 Å². The molecule has 0 saturated carbocycles. The molecule has 1 atom stereocenters. The molecule has 0 radical (unpaired) electrons. The highest BCUT2D eigenvalue weighted by Crippen LogP contribution is 2.21. The van der Waals surface area contributed by atoms with Crippen LogP contribution < -0.4 is 5.56 Å². The van der Waals surface area contributed by atoms with Crippen LogP contribution in [0.3, 0.4) is 0 Å². The van der Waals surface area contributed by atoms with Gasteiger partial charge in [-0.25, -0.2) is 14.5 Å². The van der Waals surface area contributed by atoms with Crippen LogP contribution in [-0.4, -0.2) is 55.2 Å². The monoisotopic (exact) mass is 387 g/mol. The van der Waals surface area contributed by atoms with Crippen molar-refractivity contribution in [2.24, 2.45) is 5.92 Å². The number of ketones is 1. The number of hydrogen-bond acceptors (Lipinski definition) is 6. The fourth-order valence-electron chi connectivity index (χ4n) is 3.11. The van der Waals surface area contributed by atoms with Gasteiger partial charge in [-0.15, -0.1) is 0 Å². The number of amides is 1. The largest absolute Gasteiger partial charge is 0.444 e. The zero-order valence-corrected chi connectivity index (χ0v) is 16.3. The van der Waals surface area contributed by atoms with Crippen molar-refractivity contribution in [3.05, 3.63) is 40.6 Å². The van der Waals surface area contributed by atoms with Gasteiger partial charge in [-0.1, -0.05) is 0 Å². The maximum Gasteiger partial charge on any atom is 0.410 e. The fraction of sp³-hybridized carbons (Fsp3) is 0.526. The highest BCUT2D eigenvalue weighted by Gasteiger charge is 2.31. The summed E-state index contributed by atoms with van der Waals surface area (Å²) in [6, 6.07) is 1.72. The molecule has 28 heavy (non-hydrogen) atoms. The number of aromatic amines is 1. The van der Waals surface area contributed by atoms with Crippen molar-refractivity contribution in [1.29, 1.82) is 0 Å². The predicted molar refractivity (Wildman–Crippen MR) is 101 cm³/mol. The first kappa shape index (κ1) is 19.8. The summed E-state index contributed by atoms with van der Waals surface area (Å²) in [5, 5.41) is 4.01. The van der Waals surface area contributed by atoms with Crippen molar-refractivity contribution >= 4 is 11.9 Å². The summed E-state index contributed by atoms with van der Waals surface area (Å²) >= 11 is 0. The van der Waals surface area contributed by atoms with Crippen molar-refractivity contribution in [1.82, 2.24) is 24.6 Å². The highest BCUT2D eigenvalue weighted by atomic mass is 16.6. The third kappa shape index (κ3) is 4.85. The smallest absolute Gasteiger partial charge is 0.410 e. The van der Waals surface area contributed by atoms with Gasteiger partial charge in [0.25, 0.3) is 5.56 Å². The Balaban J connectivity index is 1.64. The molecule has 0 bridgehead atoms. The Kier molecular flexibility index (Phi) is 5.62. The minimum atomic E-state index is -0.580. The number of H-pyrrole nitrogens is 1. The molecule has 2 aromatic heterocycles. The fourth-order valence-corrected chi connectivity index (χ4v) is 3.11. The zero-order chi connectivity index (χ0) is 20.3. The van der Waals surface area contributed by atoms with Crippen LogP contribution in [-0.2, 0) is 16.0 Å². The van der Waals surface area contributed by atoms with Gasteiger partial charge in [0.2, 0.25) is 5.95 Å². The Bertz CT molecular complexity index is 898. The first-order valence-corrected chi connectivity index (χ1v) is 9.32. The topological polar surface area (TPSA) is 110 Å². The second kappa shape index (κ2) is 7.95. The molecule has 150 valence electrons. The lowest BCUT2D eigenvalue weighted by molar-refractivity contribution is -0.123. The molecule has 0 aromatic carbocycles. The molecule has 0 spiro atoms. The van der Waals surface area contributed by atoms with Crippen molar-refractivity contribution in [3.8, 4) is 5.95 Å². The standard InChI is InChI=1S/C19H25N5O4/c1-19(2,3)28-18(27)23-8-4-6-13(12-23)15(25)10-14-11-20-17(22-16(14)26)24-9-5-7-21-24/h5,7,9,11,13H,4,6,8,10,12H2,1-3H3,(H,20,22,26). The minimum absolute atomic E-state index is 0.0193. The van der Waals surface area contributed by atoms with Crippen LogP contribution in [0, 0.1) is 5.92 Å². The van der Waals surface area contributed by atoms with Crippen LogP contribution in [0.1, 0.15) is 39.2 Å². The second-order valence-electron chi connectivity index (χ2n) is 7.92. The van der Waals surface area contributed by atoms with Crippen LogP contribution in [0.5, 0.6) is 0 Å². The molecule has 2 aromatic rings. The molecule has 0 aliphatic carbocycles. The predicted octanol–water partition coefficient (Wildman–Crippen LogP) is 1.71. The number of rotatable bonds is 4. The van der Waals surface area contributed by atoms with E-state index in [0.29, 0.717) is 31.0 Å². The summed E-state index contributed by atoms with van der Waals surface area (Å²) in [4.78, 5) is 45.7. The number of piperidine rings is 1. The number of ether oxygens (including phenoxy) is 1. The molecule has 1 N–H and O–H groups in total. The summed E-state index contributed by atoms with van der Waals surface area (Å²) in [5.74, 6) is -0.0983. The van der Waals surface area contributed by atoms with Crippen molar-refractivity contribution in [3.63, 3.8) is 0 Å². The lowest BCUT2D eigenvalue weighted by Gasteiger charge is -2.33. The average molecular weight is 387 g/mol. The number of hydrogen-bond donors (Lipinski definition) is 1. The van der Waals surface area contributed by atoms with Crippen LogP contribution in [0.25, 0.3) is 5.95 Å². The first-order chi connectivity index (χ1) is 13.2. The Labute approximate surface area is 162 Å². The lowest BCUT2D eigenvalue weighted by Crippen LogP contribution is -2.45. The van der Waals surface area contributed by atoms with Crippen LogP contribution in [0.4, 0.5) is 4.79 Å². The molecule has 1 unspecified atom stereocenters. The summed E-state index contributed by atoms with van der Waals surface area (Å²) in [5.41, 5.74) is -0.646. The minimum Gasteiger partial charge on any atom is -0.444 e. The van der Waals surface area contributed by atoms with Crippen LogP contribution >= 0.6 is 0 Å². The normalized spacial score (nSPS) is 17.4. The van der Waals surface area contributed by atoms with E-state index >= 15 is 0 Å². The average Bonchev–Trinajstić information content (AvgIpc) is 3.17. The number of likely N-dealkylation sites (tertiary alicyclic amines) is 1. The van der Waals surface area contributed by atoms with E-state index in [1.165, 1.54) is 10.9 Å². The van der Waals surface area contributed by atoms with Crippen LogP contribution in [0.2, 0.25) is 0 Å². The van der Waals surface area contributed by atoms with Gasteiger partial charge >= 0.3 is 6.09 Å². The van der Waals surface area contributed by atoms with Gasteiger partial charge in [-0.2, -0.15) is 5.10 Å². The van der Waals surface area contributed by atoms with E-state index < -0.39 is 11.7 Å². The molecule has 3 heterocycles. The van der Waals surface area contributed by atoms with Crippen LogP contribution in [0.15, 0.2) is 29.5 Å². The number of Topliss-reactive ketones (excluding diaryl/α,β-unsaturated/α-hetero) is 1. The molecule has 1 aliphatic rings. The second-order valence-corrected chi connectivity index (χ2v) is 7.92. The molecule has 9 nitrogen and oxygen atoms in total. The zero-order valence-electron chi connectivity index (χ0n) is 16.3. The van der Waals surface area contributed by atoms with Gasteiger partial charge in [0.05, 0.1) is 0 Å². The van der Waals surface area contributed by atoms with Crippen molar-refractivity contribution in [2.45, 2.75) is 45.6 Å². The Morgan fingerprint density at radius 1 is 1.36 bits per heavy atom. The lowest BCUT2D eigenvalue weighted by atomic mass is 9.91.